The van der Waals surface area contributed by atoms with E-state index in [4.69, 9.17) is 10.5 Å². The Bertz CT molecular complexity index is 545. The van der Waals surface area contributed by atoms with Crippen molar-refractivity contribution in [2.75, 3.05) is 32.5 Å². The number of aromatic amines is 1. The third-order valence-corrected chi connectivity index (χ3v) is 3.94. The number of nitrogens with zero attached hydrogens (tertiary/aromatic N) is 2. The number of rotatable bonds is 4. The quantitative estimate of drug-likeness (QED) is 0.812. The molecule has 1 saturated carbocycles. The Kier molecular flexibility index (Phi) is 3.48. The molecule has 1 aromatic heterocycles. The molecule has 6 heteroatoms. The van der Waals surface area contributed by atoms with E-state index >= 15 is 0 Å². The summed E-state index contributed by atoms with van der Waals surface area (Å²) in [5, 5.41) is 7.05. The average molecular weight is 276 g/mol. The zero-order valence-corrected chi connectivity index (χ0v) is 11.7. The summed E-state index contributed by atoms with van der Waals surface area (Å²) in [7, 11) is 1.68. The van der Waals surface area contributed by atoms with Gasteiger partial charge in [0.1, 0.15) is 0 Å². The molecule has 1 aromatic rings. The van der Waals surface area contributed by atoms with Crippen molar-refractivity contribution in [3.63, 3.8) is 0 Å². The van der Waals surface area contributed by atoms with Crippen LogP contribution in [-0.4, -0.2) is 47.8 Å². The summed E-state index contributed by atoms with van der Waals surface area (Å²) in [5.41, 5.74) is 9.13. The smallest absolute Gasteiger partial charge is 0.276 e. The zero-order chi connectivity index (χ0) is 14.1. The summed E-state index contributed by atoms with van der Waals surface area (Å²) in [6.45, 7) is 1.93. The lowest BCUT2D eigenvalue weighted by molar-refractivity contribution is 0.0760. The SMILES string of the molecule is COCC1=CCN(C(=O)c2n[nH]c(C3CC3)c2N)CC1. The van der Waals surface area contributed by atoms with E-state index in [9.17, 15) is 4.79 Å². The number of nitrogen functional groups attached to an aromatic ring is 1. The molecule has 1 aliphatic carbocycles. The number of hydrogen-bond acceptors (Lipinski definition) is 4. The van der Waals surface area contributed by atoms with Crippen LogP contribution in [0.2, 0.25) is 0 Å². The van der Waals surface area contributed by atoms with Gasteiger partial charge in [-0.1, -0.05) is 6.08 Å². The maximum absolute atomic E-state index is 12.4. The topological polar surface area (TPSA) is 84.2 Å². The van der Waals surface area contributed by atoms with Gasteiger partial charge < -0.3 is 15.4 Å². The third-order valence-electron chi connectivity index (χ3n) is 3.94. The van der Waals surface area contributed by atoms with Gasteiger partial charge >= 0.3 is 0 Å². The number of anilines is 1. The maximum Gasteiger partial charge on any atom is 0.276 e. The molecule has 1 fully saturated rings. The first-order valence-electron chi connectivity index (χ1n) is 7.00. The molecule has 108 valence electrons. The van der Waals surface area contributed by atoms with Crippen molar-refractivity contribution in [3.8, 4) is 0 Å². The number of nitrogens with one attached hydrogen (secondary N) is 1. The molecule has 3 N–H and O–H groups in total. The van der Waals surface area contributed by atoms with Crippen molar-refractivity contribution in [2.24, 2.45) is 0 Å². The molecule has 3 rings (SSSR count). The Morgan fingerprint density at radius 1 is 1.60 bits per heavy atom. The van der Waals surface area contributed by atoms with Gasteiger partial charge in [-0.2, -0.15) is 5.10 Å². The van der Waals surface area contributed by atoms with Gasteiger partial charge in [-0.05, 0) is 24.8 Å². The fourth-order valence-electron chi connectivity index (χ4n) is 2.57. The van der Waals surface area contributed by atoms with E-state index in [2.05, 4.69) is 16.3 Å². The average Bonchev–Trinajstić information content (AvgIpc) is 3.23. The lowest BCUT2D eigenvalue weighted by Crippen LogP contribution is -2.35. The van der Waals surface area contributed by atoms with Crippen LogP contribution in [-0.2, 0) is 4.74 Å². The van der Waals surface area contributed by atoms with Crippen LogP contribution >= 0.6 is 0 Å². The molecule has 0 atom stereocenters. The van der Waals surface area contributed by atoms with Crippen molar-refractivity contribution in [2.45, 2.75) is 25.2 Å². The molecule has 0 aromatic carbocycles. The zero-order valence-electron chi connectivity index (χ0n) is 11.7. The van der Waals surface area contributed by atoms with Gasteiger partial charge in [0, 0.05) is 26.1 Å². The van der Waals surface area contributed by atoms with E-state index in [1.54, 1.807) is 12.0 Å². The van der Waals surface area contributed by atoms with Crippen molar-refractivity contribution < 1.29 is 9.53 Å². The van der Waals surface area contributed by atoms with E-state index in [1.807, 2.05) is 0 Å². The molecule has 0 radical (unpaired) electrons. The minimum Gasteiger partial charge on any atom is -0.395 e. The fourth-order valence-corrected chi connectivity index (χ4v) is 2.57. The molecule has 1 amide bonds. The second kappa shape index (κ2) is 5.28. The van der Waals surface area contributed by atoms with E-state index in [0.29, 0.717) is 37.0 Å². The van der Waals surface area contributed by atoms with Gasteiger partial charge in [0.25, 0.3) is 5.91 Å². The van der Waals surface area contributed by atoms with Crippen molar-refractivity contribution >= 4 is 11.6 Å². The first-order valence-corrected chi connectivity index (χ1v) is 7.00. The fraction of sp³-hybridized carbons (Fsp3) is 0.571. The maximum atomic E-state index is 12.4. The highest BCUT2D eigenvalue weighted by atomic mass is 16.5. The molecular weight excluding hydrogens is 256 g/mol. The van der Waals surface area contributed by atoms with E-state index in [0.717, 1.165) is 25.0 Å². The molecule has 0 unspecified atom stereocenters. The third kappa shape index (κ3) is 2.43. The highest BCUT2D eigenvalue weighted by Gasteiger charge is 2.31. The van der Waals surface area contributed by atoms with Gasteiger partial charge in [0.2, 0.25) is 0 Å². The van der Waals surface area contributed by atoms with Gasteiger partial charge in [-0.3, -0.25) is 9.89 Å². The van der Waals surface area contributed by atoms with Crippen LogP contribution in [0.5, 0.6) is 0 Å². The van der Waals surface area contributed by atoms with E-state index in [-0.39, 0.29) is 5.91 Å². The summed E-state index contributed by atoms with van der Waals surface area (Å²) in [6.07, 6.45) is 5.16. The largest absolute Gasteiger partial charge is 0.395 e. The van der Waals surface area contributed by atoms with Crippen LogP contribution in [0.15, 0.2) is 11.6 Å². The van der Waals surface area contributed by atoms with Crippen LogP contribution in [0.1, 0.15) is 41.4 Å². The summed E-state index contributed by atoms with van der Waals surface area (Å²) >= 11 is 0. The van der Waals surface area contributed by atoms with Crippen LogP contribution in [0, 0.1) is 0 Å². The lowest BCUT2D eigenvalue weighted by Gasteiger charge is -2.25. The van der Waals surface area contributed by atoms with E-state index in [1.165, 1.54) is 5.57 Å². The normalized spacial score (nSPS) is 19.1. The van der Waals surface area contributed by atoms with Crippen molar-refractivity contribution in [1.82, 2.24) is 15.1 Å². The summed E-state index contributed by atoms with van der Waals surface area (Å²) < 4.78 is 5.11. The van der Waals surface area contributed by atoms with Crippen molar-refractivity contribution in [3.05, 3.63) is 23.0 Å². The minimum atomic E-state index is -0.0848. The second-order valence-electron chi connectivity index (χ2n) is 5.47. The number of hydrogen-bond donors (Lipinski definition) is 2. The number of amides is 1. The molecule has 0 saturated heterocycles. The molecule has 0 spiro atoms. The number of aromatic nitrogens is 2. The first kappa shape index (κ1) is 13.2. The van der Waals surface area contributed by atoms with Crippen LogP contribution in [0.25, 0.3) is 0 Å². The Morgan fingerprint density at radius 2 is 2.40 bits per heavy atom. The predicted molar refractivity (Wildman–Crippen MR) is 75.5 cm³/mol. The monoisotopic (exact) mass is 276 g/mol. The number of ether oxygens (including phenoxy) is 1. The summed E-state index contributed by atoms with van der Waals surface area (Å²) in [5.74, 6) is 0.386. The Balaban J connectivity index is 1.70. The predicted octanol–water partition coefficient (Wildman–Crippen LogP) is 1.29. The summed E-state index contributed by atoms with van der Waals surface area (Å²) in [6, 6.07) is 0. The first-order chi connectivity index (χ1) is 9.70. The molecule has 2 heterocycles. The number of methoxy groups -OCH3 is 1. The second-order valence-corrected chi connectivity index (χ2v) is 5.47. The molecule has 0 bridgehead atoms. The van der Waals surface area contributed by atoms with Crippen molar-refractivity contribution in [1.29, 1.82) is 0 Å². The molecular formula is C14H20N4O2. The van der Waals surface area contributed by atoms with Crippen LogP contribution in [0.3, 0.4) is 0 Å². The number of carbonyl (C=O) groups excluding carboxylic acids is 1. The van der Waals surface area contributed by atoms with Gasteiger partial charge in [-0.25, -0.2) is 0 Å². The molecule has 1 aliphatic heterocycles. The molecule has 2 aliphatic rings. The van der Waals surface area contributed by atoms with Crippen LogP contribution < -0.4 is 5.73 Å². The highest BCUT2D eigenvalue weighted by molar-refractivity contribution is 5.98. The highest BCUT2D eigenvalue weighted by Crippen LogP contribution is 2.42. The lowest BCUT2D eigenvalue weighted by atomic mass is 10.1. The number of nitrogens with two attached hydrogens (primary N) is 1. The molecule has 20 heavy (non-hydrogen) atoms. The van der Waals surface area contributed by atoms with Crippen LogP contribution in [0.4, 0.5) is 5.69 Å². The van der Waals surface area contributed by atoms with E-state index < -0.39 is 0 Å². The number of H-pyrrole nitrogens is 1. The van der Waals surface area contributed by atoms with Gasteiger partial charge in [0.05, 0.1) is 18.0 Å². The number of carbonyl (C=O) groups is 1. The standard InChI is InChI=1S/C14H20N4O2/c1-20-8-9-4-6-18(7-5-9)14(19)13-11(15)12(16-17-13)10-2-3-10/h4,10H,2-3,5-8,15H2,1H3,(H,16,17). The Labute approximate surface area is 118 Å². The van der Waals surface area contributed by atoms with Gasteiger partial charge in [-0.15, -0.1) is 0 Å². The Morgan fingerprint density at radius 3 is 3.00 bits per heavy atom. The molecule has 6 nitrogen and oxygen atoms in total. The Hall–Kier alpha value is -1.82. The summed E-state index contributed by atoms with van der Waals surface area (Å²) in [4.78, 5) is 14.2. The minimum absolute atomic E-state index is 0.0848. The van der Waals surface area contributed by atoms with Gasteiger partial charge in [0.15, 0.2) is 5.69 Å².